The van der Waals surface area contributed by atoms with E-state index in [0.29, 0.717) is 6.61 Å². The van der Waals surface area contributed by atoms with Crippen LogP contribution in [0.2, 0.25) is 0 Å². The maximum absolute atomic E-state index is 9.56. The number of ether oxygens (including phenoxy) is 2. The predicted octanol–water partition coefficient (Wildman–Crippen LogP) is -0.369. The predicted molar refractivity (Wildman–Crippen MR) is 53.2 cm³/mol. The number of rotatable bonds is 4. The first-order valence-corrected chi connectivity index (χ1v) is 5.39. The molecule has 0 aromatic rings. The third-order valence-electron chi connectivity index (χ3n) is 2.59. The van der Waals surface area contributed by atoms with E-state index in [2.05, 4.69) is 0 Å². The van der Waals surface area contributed by atoms with Gasteiger partial charge in [0.2, 0.25) is 0 Å². The van der Waals surface area contributed by atoms with Crippen LogP contribution in [0.3, 0.4) is 0 Å². The Morgan fingerprint density at radius 3 is 2.40 bits per heavy atom. The van der Waals surface area contributed by atoms with Gasteiger partial charge in [-0.2, -0.15) is 0 Å². The standard InChI is InChI=1S/C10H20O5/c1-3-4-5-14-10-9(13)8(12)7(11)6(2)15-10/h6-13H,3-5H2,1-2H3/t6-,7-,8+,9+,10+/m0/s1. The number of aliphatic hydroxyl groups is 3. The zero-order chi connectivity index (χ0) is 11.4. The van der Waals surface area contributed by atoms with Crippen LogP contribution in [0.4, 0.5) is 0 Å². The normalized spacial score (nSPS) is 41.8. The van der Waals surface area contributed by atoms with E-state index >= 15 is 0 Å². The summed E-state index contributed by atoms with van der Waals surface area (Å²) in [4.78, 5) is 0. The summed E-state index contributed by atoms with van der Waals surface area (Å²) in [5, 5.41) is 28.5. The van der Waals surface area contributed by atoms with Crippen molar-refractivity contribution in [3.8, 4) is 0 Å². The highest BCUT2D eigenvalue weighted by molar-refractivity contribution is 4.87. The molecule has 0 aromatic heterocycles. The summed E-state index contributed by atoms with van der Waals surface area (Å²) >= 11 is 0. The molecule has 0 bridgehead atoms. The first-order valence-electron chi connectivity index (χ1n) is 5.39. The zero-order valence-corrected chi connectivity index (χ0v) is 9.17. The Balaban J connectivity index is 2.43. The largest absolute Gasteiger partial charge is 0.388 e. The van der Waals surface area contributed by atoms with Crippen molar-refractivity contribution in [2.75, 3.05) is 6.61 Å². The van der Waals surface area contributed by atoms with Gasteiger partial charge in [0, 0.05) is 6.61 Å². The maximum Gasteiger partial charge on any atom is 0.186 e. The molecule has 0 radical (unpaired) electrons. The van der Waals surface area contributed by atoms with Crippen LogP contribution < -0.4 is 0 Å². The monoisotopic (exact) mass is 220 g/mol. The minimum atomic E-state index is -1.21. The van der Waals surface area contributed by atoms with E-state index in [1.54, 1.807) is 6.92 Å². The van der Waals surface area contributed by atoms with Gasteiger partial charge in [-0.05, 0) is 13.3 Å². The quantitative estimate of drug-likeness (QED) is 0.563. The first kappa shape index (κ1) is 12.9. The van der Waals surface area contributed by atoms with Gasteiger partial charge in [0.25, 0.3) is 0 Å². The van der Waals surface area contributed by atoms with Gasteiger partial charge < -0.3 is 24.8 Å². The Hall–Kier alpha value is -0.200. The first-order chi connectivity index (χ1) is 7.07. The molecule has 5 heteroatoms. The van der Waals surface area contributed by atoms with Crippen LogP contribution in [0.25, 0.3) is 0 Å². The molecule has 1 saturated heterocycles. The van der Waals surface area contributed by atoms with Gasteiger partial charge in [0.15, 0.2) is 6.29 Å². The lowest BCUT2D eigenvalue weighted by Crippen LogP contribution is -2.57. The summed E-state index contributed by atoms with van der Waals surface area (Å²) in [6.45, 7) is 4.15. The van der Waals surface area contributed by atoms with Gasteiger partial charge in [-0.3, -0.25) is 0 Å². The Bertz CT molecular complexity index is 187. The molecule has 0 aromatic carbocycles. The third kappa shape index (κ3) is 3.12. The number of unbranched alkanes of at least 4 members (excludes halogenated alkanes) is 1. The summed E-state index contributed by atoms with van der Waals surface area (Å²) in [5.74, 6) is 0. The van der Waals surface area contributed by atoms with Gasteiger partial charge in [-0.15, -0.1) is 0 Å². The van der Waals surface area contributed by atoms with E-state index in [4.69, 9.17) is 9.47 Å². The SMILES string of the molecule is CCCCO[C@@H]1O[C@@H](C)[C@H](O)[C@@H](O)[C@H]1O. The van der Waals surface area contributed by atoms with Crippen LogP contribution in [0.15, 0.2) is 0 Å². The van der Waals surface area contributed by atoms with E-state index < -0.39 is 30.7 Å². The molecule has 0 amide bonds. The van der Waals surface area contributed by atoms with Crippen molar-refractivity contribution < 1.29 is 24.8 Å². The molecule has 3 N–H and O–H groups in total. The van der Waals surface area contributed by atoms with Crippen molar-refractivity contribution in [3.05, 3.63) is 0 Å². The highest BCUT2D eigenvalue weighted by atomic mass is 16.7. The average molecular weight is 220 g/mol. The van der Waals surface area contributed by atoms with Gasteiger partial charge in [0.05, 0.1) is 6.10 Å². The molecule has 0 unspecified atom stereocenters. The molecule has 1 heterocycles. The second-order valence-corrected chi connectivity index (χ2v) is 3.91. The lowest BCUT2D eigenvalue weighted by atomic mass is 10.0. The summed E-state index contributed by atoms with van der Waals surface area (Å²) in [5.41, 5.74) is 0. The van der Waals surface area contributed by atoms with Gasteiger partial charge in [-0.25, -0.2) is 0 Å². The molecule has 5 nitrogen and oxygen atoms in total. The minimum absolute atomic E-state index is 0.480. The molecule has 1 rings (SSSR count). The Morgan fingerprint density at radius 2 is 1.80 bits per heavy atom. The van der Waals surface area contributed by atoms with Crippen LogP contribution in [-0.4, -0.2) is 52.6 Å². The van der Waals surface area contributed by atoms with Crippen LogP contribution in [-0.2, 0) is 9.47 Å². The molecule has 0 aliphatic carbocycles. The zero-order valence-electron chi connectivity index (χ0n) is 9.17. The lowest BCUT2D eigenvalue weighted by Gasteiger charge is -2.38. The Labute approximate surface area is 89.6 Å². The lowest BCUT2D eigenvalue weighted by molar-refractivity contribution is -0.293. The van der Waals surface area contributed by atoms with Crippen LogP contribution in [0.5, 0.6) is 0 Å². The second-order valence-electron chi connectivity index (χ2n) is 3.91. The summed E-state index contributed by atoms with van der Waals surface area (Å²) in [6.07, 6.45) is -2.97. The molecule has 1 aliphatic heterocycles. The molecule has 15 heavy (non-hydrogen) atoms. The van der Waals surface area contributed by atoms with Crippen molar-refractivity contribution in [3.63, 3.8) is 0 Å². The van der Waals surface area contributed by atoms with E-state index in [0.717, 1.165) is 12.8 Å². The van der Waals surface area contributed by atoms with Crippen LogP contribution in [0.1, 0.15) is 26.7 Å². The van der Waals surface area contributed by atoms with Crippen molar-refractivity contribution in [1.29, 1.82) is 0 Å². The fourth-order valence-electron chi connectivity index (χ4n) is 1.49. The fourth-order valence-corrected chi connectivity index (χ4v) is 1.49. The van der Waals surface area contributed by atoms with E-state index in [-0.39, 0.29) is 0 Å². The molecular weight excluding hydrogens is 200 g/mol. The van der Waals surface area contributed by atoms with Gasteiger partial charge >= 0.3 is 0 Å². The molecule has 5 atom stereocenters. The molecule has 1 fully saturated rings. The van der Waals surface area contributed by atoms with Gasteiger partial charge in [-0.1, -0.05) is 13.3 Å². The molecule has 90 valence electrons. The van der Waals surface area contributed by atoms with Gasteiger partial charge in [0.1, 0.15) is 18.3 Å². The van der Waals surface area contributed by atoms with Crippen molar-refractivity contribution in [1.82, 2.24) is 0 Å². The molecule has 0 spiro atoms. The van der Waals surface area contributed by atoms with E-state index in [9.17, 15) is 15.3 Å². The average Bonchev–Trinajstić information content (AvgIpc) is 2.23. The Kier molecular flexibility index (Phi) is 4.95. The van der Waals surface area contributed by atoms with Crippen LogP contribution in [0, 0.1) is 0 Å². The Morgan fingerprint density at radius 1 is 1.13 bits per heavy atom. The van der Waals surface area contributed by atoms with Crippen molar-refractivity contribution in [2.45, 2.75) is 57.4 Å². The summed E-state index contributed by atoms with van der Waals surface area (Å²) in [7, 11) is 0. The maximum atomic E-state index is 9.56. The number of aliphatic hydroxyl groups excluding tert-OH is 3. The smallest absolute Gasteiger partial charge is 0.186 e. The summed E-state index contributed by atoms with van der Waals surface area (Å²) < 4.78 is 10.5. The second kappa shape index (κ2) is 5.77. The van der Waals surface area contributed by atoms with E-state index in [1.165, 1.54) is 0 Å². The topological polar surface area (TPSA) is 79.2 Å². The van der Waals surface area contributed by atoms with Crippen molar-refractivity contribution >= 4 is 0 Å². The van der Waals surface area contributed by atoms with E-state index in [1.807, 2.05) is 6.92 Å². The number of hydrogen-bond acceptors (Lipinski definition) is 5. The number of hydrogen-bond donors (Lipinski definition) is 3. The summed E-state index contributed by atoms with van der Waals surface area (Å²) in [6, 6.07) is 0. The minimum Gasteiger partial charge on any atom is -0.388 e. The molecular formula is C10H20O5. The molecule has 1 aliphatic rings. The highest BCUT2D eigenvalue weighted by Gasteiger charge is 2.42. The third-order valence-corrected chi connectivity index (χ3v) is 2.59. The highest BCUT2D eigenvalue weighted by Crippen LogP contribution is 2.21. The van der Waals surface area contributed by atoms with Crippen LogP contribution >= 0.6 is 0 Å². The van der Waals surface area contributed by atoms with Crippen molar-refractivity contribution in [2.24, 2.45) is 0 Å². The molecule has 0 saturated carbocycles. The fraction of sp³-hybridized carbons (Fsp3) is 1.00.